The van der Waals surface area contributed by atoms with Crippen LogP contribution in [0.25, 0.3) is 6.08 Å². The monoisotopic (exact) mass is 666 g/mol. The first-order valence-electron chi connectivity index (χ1n) is 18.7. The number of hydrogen-bond acceptors (Lipinski definition) is 8. The molecule has 48 heavy (non-hydrogen) atoms. The van der Waals surface area contributed by atoms with Gasteiger partial charge in [0, 0.05) is 47.8 Å². The van der Waals surface area contributed by atoms with Crippen LogP contribution in [0.5, 0.6) is 0 Å². The highest BCUT2D eigenvalue weighted by molar-refractivity contribution is 6.17. The van der Waals surface area contributed by atoms with Gasteiger partial charge in [-0.05, 0) is 92.7 Å². The first kappa shape index (κ1) is 37.0. The Morgan fingerprint density at radius 1 is 0.562 bits per heavy atom. The van der Waals surface area contributed by atoms with Gasteiger partial charge in [0.2, 0.25) is 0 Å². The molecule has 1 aromatic rings. The van der Waals surface area contributed by atoms with Crippen LogP contribution >= 0.6 is 0 Å². The first-order chi connectivity index (χ1) is 22.6. The number of ether oxygens (including phenoxy) is 2. The minimum absolute atomic E-state index is 0.0748. The molecule has 5 rings (SSSR count). The average molecular weight is 667 g/mol. The van der Waals surface area contributed by atoms with E-state index in [1.54, 1.807) is 6.08 Å². The van der Waals surface area contributed by atoms with Crippen molar-refractivity contribution in [3.05, 3.63) is 41.5 Å². The van der Waals surface area contributed by atoms with Crippen molar-refractivity contribution in [2.24, 2.45) is 0 Å². The van der Waals surface area contributed by atoms with Crippen molar-refractivity contribution in [1.29, 1.82) is 0 Å². The highest BCUT2D eigenvalue weighted by atomic mass is 16.7. The molecule has 2 aliphatic carbocycles. The van der Waals surface area contributed by atoms with Crippen LogP contribution in [0.4, 0.5) is 0 Å². The summed E-state index contributed by atoms with van der Waals surface area (Å²) in [5.74, 6) is -1.28. The Kier molecular flexibility index (Phi) is 11.5. The zero-order chi connectivity index (χ0) is 34.7. The van der Waals surface area contributed by atoms with Gasteiger partial charge in [0.15, 0.2) is 0 Å². The SMILES string of the molecule is CC1(C)CC(OC(=O)C(=Cc2ccccc2)C(=O)OC2CC(C)(C)N(OC3CCCCC3)C(C)(C)C2)CC(C)(C)N1OC1CCCCC1. The molecule has 4 fully saturated rings. The Bertz CT molecular complexity index is 1160. The highest BCUT2D eigenvalue weighted by Gasteiger charge is 2.51. The van der Waals surface area contributed by atoms with E-state index < -0.39 is 11.9 Å². The lowest BCUT2D eigenvalue weighted by molar-refractivity contribution is -0.318. The normalized spacial score (nSPS) is 25.7. The van der Waals surface area contributed by atoms with E-state index in [0.29, 0.717) is 25.7 Å². The van der Waals surface area contributed by atoms with Gasteiger partial charge >= 0.3 is 11.9 Å². The lowest BCUT2D eigenvalue weighted by Gasteiger charge is -2.54. The summed E-state index contributed by atoms with van der Waals surface area (Å²) in [6.07, 6.45) is 15.4. The van der Waals surface area contributed by atoms with Crippen LogP contribution in [0, 0.1) is 0 Å². The van der Waals surface area contributed by atoms with Gasteiger partial charge in [0.25, 0.3) is 0 Å². The summed E-state index contributed by atoms with van der Waals surface area (Å²) in [4.78, 5) is 41.3. The fourth-order valence-corrected chi connectivity index (χ4v) is 9.07. The molecule has 0 N–H and O–H groups in total. The maximum atomic E-state index is 14.0. The van der Waals surface area contributed by atoms with Crippen molar-refractivity contribution in [1.82, 2.24) is 10.1 Å². The van der Waals surface area contributed by atoms with E-state index in [0.717, 1.165) is 31.2 Å². The molecule has 2 aliphatic heterocycles. The molecule has 8 nitrogen and oxygen atoms in total. The third-order valence-corrected chi connectivity index (χ3v) is 10.8. The minimum atomic E-state index is -0.640. The number of carbonyl (C=O) groups is 2. The molecule has 2 saturated carbocycles. The van der Waals surface area contributed by atoms with Crippen molar-refractivity contribution < 1.29 is 28.7 Å². The third kappa shape index (κ3) is 9.09. The molecule has 0 unspecified atom stereocenters. The van der Waals surface area contributed by atoms with Gasteiger partial charge in [-0.2, -0.15) is 10.1 Å². The van der Waals surface area contributed by atoms with E-state index in [-0.39, 0.29) is 52.1 Å². The Hall–Kier alpha value is -2.26. The van der Waals surface area contributed by atoms with Crippen LogP contribution in [0.15, 0.2) is 35.9 Å². The van der Waals surface area contributed by atoms with Crippen molar-refractivity contribution in [2.45, 2.75) is 192 Å². The maximum absolute atomic E-state index is 14.0. The van der Waals surface area contributed by atoms with Crippen LogP contribution in [0.3, 0.4) is 0 Å². The molecule has 268 valence electrons. The van der Waals surface area contributed by atoms with E-state index in [9.17, 15) is 9.59 Å². The molecule has 2 heterocycles. The quantitative estimate of drug-likeness (QED) is 0.112. The van der Waals surface area contributed by atoms with Gasteiger partial charge in [-0.3, -0.25) is 9.68 Å². The summed E-state index contributed by atoms with van der Waals surface area (Å²) in [5, 5.41) is 4.31. The summed E-state index contributed by atoms with van der Waals surface area (Å²) < 4.78 is 12.4. The maximum Gasteiger partial charge on any atom is 0.345 e. The lowest BCUT2D eigenvalue weighted by Crippen LogP contribution is -2.63. The number of rotatable bonds is 9. The topological polar surface area (TPSA) is 77.5 Å². The third-order valence-electron chi connectivity index (χ3n) is 10.8. The Morgan fingerprint density at radius 2 is 0.917 bits per heavy atom. The number of hydroxylamine groups is 4. The van der Waals surface area contributed by atoms with Gasteiger partial charge in [0.05, 0.1) is 12.2 Å². The predicted molar refractivity (Wildman–Crippen MR) is 189 cm³/mol. The zero-order valence-electron chi connectivity index (χ0n) is 31.0. The smallest absolute Gasteiger partial charge is 0.345 e. The Labute approximate surface area is 289 Å². The zero-order valence-corrected chi connectivity index (χ0v) is 31.0. The summed E-state index contributed by atoms with van der Waals surface area (Å²) in [6.45, 7) is 17.2. The number of esters is 2. The number of hydrogen-bond donors (Lipinski definition) is 0. The van der Waals surface area contributed by atoms with Gasteiger partial charge < -0.3 is 9.47 Å². The molecular weight excluding hydrogens is 604 g/mol. The Balaban J connectivity index is 1.29. The van der Waals surface area contributed by atoms with Gasteiger partial charge in [0.1, 0.15) is 17.8 Å². The fourth-order valence-electron chi connectivity index (χ4n) is 9.07. The second-order valence-electron chi connectivity index (χ2n) is 17.4. The summed E-state index contributed by atoms with van der Waals surface area (Å²) >= 11 is 0. The van der Waals surface area contributed by atoms with Crippen LogP contribution in [0.2, 0.25) is 0 Å². The molecule has 0 radical (unpaired) electrons. The molecule has 8 heteroatoms. The van der Waals surface area contributed by atoms with Crippen molar-refractivity contribution in [2.75, 3.05) is 0 Å². The highest BCUT2D eigenvalue weighted by Crippen LogP contribution is 2.43. The molecule has 2 saturated heterocycles. The van der Waals surface area contributed by atoms with E-state index in [4.69, 9.17) is 19.1 Å². The molecule has 0 atom stereocenters. The average Bonchev–Trinajstić information content (AvgIpc) is 3.00. The molecule has 0 spiro atoms. The van der Waals surface area contributed by atoms with E-state index in [2.05, 4.69) is 65.5 Å². The molecule has 0 aromatic heterocycles. The summed E-state index contributed by atoms with van der Waals surface area (Å²) in [6, 6.07) is 9.44. The molecule has 0 amide bonds. The van der Waals surface area contributed by atoms with Crippen LogP contribution in [-0.4, -0.2) is 68.6 Å². The second kappa shape index (κ2) is 14.9. The molecule has 4 aliphatic rings. The lowest BCUT2D eigenvalue weighted by atomic mass is 9.80. The second-order valence-corrected chi connectivity index (χ2v) is 17.4. The van der Waals surface area contributed by atoms with E-state index in [1.807, 2.05) is 30.3 Å². The number of benzene rings is 1. The summed E-state index contributed by atoms with van der Waals surface area (Å²) in [7, 11) is 0. The van der Waals surface area contributed by atoms with Crippen molar-refractivity contribution >= 4 is 18.0 Å². The van der Waals surface area contributed by atoms with Gasteiger partial charge in [-0.25, -0.2) is 9.59 Å². The molecular formula is C40H62N2O6. The van der Waals surface area contributed by atoms with Crippen molar-refractivity contribution in [3.63, 3.8) is 0 Å². The van der Waals surface area contributed by atoms with Crippen LogP contribution < -0.4 is 0 Å². The number of piperidine rings is 2. The van der Waals surface area contributed by atoms with Crippen LogP contribution in [0.1, 0.15) is 151 Å². The van der Waals surface area contributed by atoms with E-state index >= 15 is 0 Å². The molecule has 1 aromatic carbocycles. The molecule has 0 bridgehead atoms. The van der Waals surface area contributed by atoms with E-state index in [1.165, 1.54) is 38.5 Å². The minimum Gasteiger partial charge on any atom is -0.458 e. The largest absolute Gasteiger partial charge is 0.458 e. The standard InChI is InChI=1S/C40H62N2O6/c1-37(2)25-32(26-38(3,4)41(37)47-30-20-14-10-15-21-30)45-35(43)34(24-29-18-12-9-13-19-29)36(44)46-33-27-39(5,6)42(40(7,8)28-33)48-31-22-16-11-17-23-31/h9,12-13,18-19,24,30-33H,10-11,14-17,20-23,25-28H2,1-8H3. The Morgan fingerprint density at radius 3 is 1.27 bits per heavy atom. The van der Waals surface area contributed by atoms with Crippen LogP contribution in [-0.2, 0) is 28.7 Å². The van der Waals surface area contributed by atoms with Gasteiger partial charge in [-0.1, -0.05) is 68.9 Å². The van der Waals surface area contributed by atoms with Gasteiger partial charge in [-0.15, -0.1) is 0 Å². The predicted octanol–water partition coefficient (Wildman–Crippen LogP) is 8.73. The summed E-state index contributed by atoms with van der Waals surface area (Å²) in [5.41, 5.74) is -0.779. The number of carbonyl (C=O) groups excluding carboxylic acids is 2. The fraction of sp³-hybridized carbons (Fsp3) is 0.750. The number of nitrogens with zero attached hydrogens (tertiary/aromatic N) is 2. The first-order valence-corrected chi connectivity index (χ1v) is 18.7. The van der Waals surface area contributed by atoms with Crippen molar-refractivity contribution in [3.8, 4) is 0 Å².